The third-order valence-electron chi connectivity index (χ3n) is 3.87. The molecule has 0 radical (unpaired) electrons. The number of ether oxygens (including phenoxy) is 1. The number of morpholine rings is 1. The van der Waals surface area contributed by atoms with Gasteiger partial charge in [0.2, 0.25) is 0 Å². The second-order valence-corrected chi connectivity index (χ2v) is 5.28. The molecule has 0 aliphatic carbocycles. The summed E-state index contributed by atoms with van der Waals surface area (Å²) in [5.41, 5.74) is 3.27. The van der Waals surface area contributed by atoms with Crippen LogP contribution < -0.4 is 0 Å². The molecule has 1 aliphatic rings. The van der Waals surface area contributed by atoms with E-state index in [2.05, 4.69) is 39.6 Å². The summed E-state index contributed by atoms with van der Waals surface area (Å²) in [5, 5.41) is 9.51. The fourth-order valence-corrected chi connectivity index (χ4v) is 2.73. The van der Waals surface area contributed by atoms with Gasteiger partial charge in [-0.2, -0.15) is 0 Å². The third kappa shape index (κ3) is 2.70. The van der Waals surface area contributed by atoms with E-state index in [4.69, 9.17) is 4.74 Å². The summed E-state index contributed by atoms with van der Waals surface area (Å²) < 4.78 is 7.49. The number of aromatic nitrogens is 2. The van der Waals surface area contributed by atoms with Gasteiger partial charge in [-0.3, -0.25) is 4.90 Å². The zero-order valence-corrected chi connectivity index (χ0v) is 11.9. The molecule has 1 N–H and O–H groups in total. The molecule has 1 aromatic heterocycles. The quantitative estimate of drug-likeness (QED) is 0.910. The Morgan fingerprint density at radius 3 is 2.80 bits per heavy atom. The molecule has 1 aliphatic heterocycles. The molecule has 1 fully saturated rings. The molecule has 0 amide bonds. The lowest BCUT2D eigenvalue weighted by Gasteiger charge is -2.26. The summed E-state index contributed by atoms with van der Waals surface area (Å²) in [6, 6.07) is 6.26. The maximum atomic E-state index is 9.51. The standard InChI is InChI=1S/C15H21N3O2/c1-12-2-3-14-13(10-12)16-15(11-19)18(14)5-4-17-6-8-20-9-7-17/h2-3,10,19H,4-9,11H2,1H3. The van der Waals surface area contributed by atoms with Crippen molar-refractivity contribution in [2.75, 3.05) is 32.8 Å². The van der Waals surface area contributed by atoms with E-state index in [1.165, 1.54) is 5.56 Å². The number of hydrogen-bond acceptors (Lipinski definition) is 4. The minimum Gasteiger partial charge on any atom is -0.388 e. The van der Waals surface area contributed by atoms with E-state index in [0.29, 0.717) is 0 Å². The van der Waals surface area contributed by atoms with E-state index in [0.717, 1.165) is 56.3 Å². The molecular formula is C15H21N3O2. The van der Waals surface area contributed by atoms with Gasteiger partial charge in [0.1, 0.15) is 12.4 Å². The highest BCUT2D eigenvalue weighted by atomic mass is 16.5. The van der Waals surface area contributed by atoms with Crippen LogP contribution in [-0.4, -0.2) is 52.4 Å². The van der Waals surface area contributed by atoms with Crippen molar-refractivity contribution >= 4 is 11.0 Å². The van der Waals surface area contributed by atoms with Crippen LogP contribution in [0.15, 0.2) is 18.2 Å². The van der Waals surface area contributed by atoms with Gasteiger partial charge in [-0.15, -0.1) is 0 Å². The Labute approximate surface area is 118 Å². The minimum atomic E-state index is -0.0170. The van der Waals surface area contributed by atoms with Crippen molar-refractivity contribution in [2.24, 2.45) is 0 Å². The molecule has 5 heteroatoms. The number of aliphatic hydroxyl groups is 1. The van der Waals surface area contributed by atoms with E-state index in [1.807, 2.05) is 0 Å². The van der Waals surface area contributed by atoms with Crippen LogP contribution in [0.4, 0.5) is 0 Å². The topological polar surface area (TPSA) is 50.5 Å². The molecule has 2 aromatic rings. The maximum Gasteiger partial charge on any atom is 0.135 e. The van der Waals surface area contributed by atoms with Crippen LogP contribution in [0.3, 0.4) is 0 Å². The largest absolute Gasteiger partial charge is 0.388 e. The monoisotopic (exact) mass is 275 g/mol. The van der Waals surface area contributed by atoms with Crippen molar-refractivity contribution in [3.63, 3.8) is 0 Å². The Bertz CT molecular complexity index is 588. The SMILES string of the molecule is Cc1ccc2c(c1)nc(CO)n2CCN1CCOCC1. The molecule has 20 heavy (non-hydrogen) atoms. The lowest BCUT2D eigenvalue weighted by molar-refractivity contribution is 0.0363. The van der Waals surface area contributed by atoms with Crippen LogP contribution in [-0.2, 0) is 17.9 Å². The maximum absolute atomic E-state index is 9.51. The minimum absolute atomic E-state index is 0.0170. The Kier molecular flexibility index (Phi) is 4.00. The first-order valence-electron chi connectivity index (χ1n) is 7.14. The van der Waals surface area contributed by atoms with Gasteiger partial charge in [0.15, 0.2) is 0 Å². The summed E-state index contributed by atoms with van der Waals surface area (Å²) in [7, 11) is 0. The van der Waals surface area contributed by atoms with Crippen molar-refractivity contribution in [1.82, 2.24) is 14.5 Å². The van der Waals surface area contributed by atoms with Gasteiger partial charge in [0.25, 0.3) is 0 Å². The van der Waals surface area contributed by atoms with Crippen molar-refractivity contribution in [2.45, 2.75) is 20.1 Å². The highest BCUT2D eigenvalue weighted by Gasteiger charge is 2.13. The zero-order chi connectivity index (χ0) is 13.9. The average molecular weight is 275 g/mol. The highest BCUT2D eigenvalue weighted by molar-refractivity contribution is 5.76. The van der Waals surface area contributed by atoms with Gasteiger partial charge >= 0.3 is 0 Å². The summed E-state index contributed by atoms with van der Waals surface area (Å²) in [4.78, 5) is 6.92. The number of imidazole rings is 1. The van der Waals surface area contributed by atoms with Crippen LogP contribution in [0.25, 0.3) is 11.0 Å². The van der Waals surface area contributed by atoms with Gasteiger partial charge in [-0.1, -0.05) is 6.07 Å². The summed E-state index contributed by atoms with van der Waals surface area (Å²) in [6.07, 6.45) is 0. The van der Waals surface area contributed by atoms with E-state index in [9.17, 15) is 5.11 Å². The molecule has 0 spiro atoms. The van der Waals surface area contributed by atoms with E-state index >= 15 is 0 Å². The van der Waals surface area contributed by atoms with E-state index in [1.54, 1.807) is 0 Å². The average Bonchev–Trinajstić information content (AvgIpc) is 2.83. The first kappa shape index (κ1) is 13.5. The highest BCUT2D eigenvalue weighted by Crippen LogP contribution is 2.18. The van der Waals surface area contributed by atoms with Crippen molar-refractivity contribution in [3.05, 3.63) is 29.6 Å². The van der Waals surface area contributed by atoms with Crippen LogP contribution in [0, 0.1) is 6.92 Å². The van der Waals surface area contributed by atoms with Crippen molar-refractivity contribution < 1.29 is 9.84 Å². The van der Waals surface area contributed by atoms with Gasteiger partial charge in [-0.25, -0.2) is 4.98 Å². The second-order valence-electron chi connectivity index (χ2n) is 5.28. The van der Waals surface area contributed by atoms with Gasteiger partial charge < -0.3 is 14.4 Å². The molecule has 0 bridgehead atoms. The number of hydrogen-bond donors (Lipinski definition) is 1. The molecule has 0 saturated carbocycles. The molecule has 1 aromatic carbocycles. The number of benzene rings is 1. The first-order valence-corrected chi connectivity index (χ1v) is 7.14. The smallest absolute Gasteiger partial charge is 0.135 e. The number of fused-ring (bicyclic) bond motifs is 1. The molecule has 3 rings (SSSR count). The number of aliphatic hydroxyl groups excluding tert-OH is 1. The molecule has 0 unspecified atom stereocenters. The van der Waals surface area contributed by atoms with Crippen LogP contribution in [0.1, 0.15) is 11.4 Å². The first-order chi connectivity index (χ1) is 9.78. The fraction of sp³-hybridized carbons (Fsp3) is 0.533. The van der Waals surface area contributed by atoms with Crippen LogP contribution in [0.2, 0.25) is 0 Å². The molecule has 0 atom stereocenters. The number of rotatable bonds is 4. The summed E-state index contributed by atoms with van der Waals surface area (Å²) in [5.74, 6) is 0.749. The Hall–Kier alpha value is -1.43. The van der Waals surface area contributed by atoms with E-state index < -0.39 is 0 Å². The van der Waals surface area contributed by atoms with Crippen molar-refractivity contribution in [1.29, 1.82) is 0 Å². The van der Waals surface area contributed by atoms with Crippen molar-refractivity contribution in [3.8, 4) is 0 Å². The molecule has 2 heterocycles. The van der Waals surface area contributed by atoms with Crippen LogP contribution in [0.5, 0.6) is 0 Å². The summed E-state index contributed by atoms with van der Waals surface area (Å²) in [6.45, 7) is 7.47. The Morgan fingerprint density at radius 1 is 1.25 bits per heavy atom. The molecule has 5 nitrogen and oxygen atoms in total. The lowest BCUT2D eigenvalue weighted by Crippen LogP contribution is -2.38. The Morgan fingerprint density at radius 2 is 2.05 bits per heavy atom. The third-order valence-corrected chi connectivity index (χ3v) is 3.87. The van der Waals surface area contributed by atoms with E-state index in [-0.39, 0.29) is 6.61 Å². The van der Waals surface area contributed by atoms with Gasteiger partial charge in [0.05, 0.1) is 24.2 Å². The molecular weight excluding hydrogens is 254 g/mol. The van der Waals surface area contributed by atoms with Gasteiger partial charge in [0, 0.05) is 26.2 Å². The zero-order valence-electron chi connectivity index (χ0n) is 11.9. The van der Waals surface area contributed by atoms with Crippen LogP contribution >= 0.6 is 0 Å². The molecule has 1 saturated heterocycles. The summed E-state index contributed by atoms with van der Waals surface area (Å²) >= 11 is 0. The predicted molar refractivity (Wildman–Crippen MR) is 77.7 cm³/mol. The van der Waals surface area contributed by atoms with Gasteiger partial charge in [-0.05, 0) is 24.6 Å². The normalized spacial score (nSPS) is 16.9. The fourth-order valence-electron chi connectivity index (χ4n) is 2.73. The lowest BCUT2D eigenvalue weighted by atomic mass is 10.2. The Balaban J connectivity index is 1.81. The predicted octanol–water partition coefficient (Wildman–Crippen LogP) is 1.17. The number of nitrogens with zero attached hydrogens (tertiary/aromatic N) is 3. The number of aryl methyl sites for hydroxylation is 1. The molecule has 108 valence electrons. The second kappa shape index (κ2) is 5.91.